The van der Waals surface area contributed by atoms with Crippen LogP contribution < -0.4 is 16.0 Å². The lowest BCUT2D eigenvalue weighted by atomic mass is 10.3. The SMILES string of the molecule is S=C(NC(=S)Nc1ccc(Cl)cc1)Nc1ccccc1. The Morgan fingerprint density at radius 3 is 1.80 bits per heavy atom. The van der Waals surface area contributed by atoms with Crippen LogP contribution in [0.3, 0.4) is 0 Å². The van der Waals surface area contributed by atoms with Crippen LogP contribution >= 0.6 is 36.0 Å². The van der Waals surface area contributed by atoms with Crippen LogP contribution in [0.25, 0.3) is 0 Å². The Labute approximate surface area is 133 Å². The second kappa shape index (κ2) is 7.19. The van der Waals surface area contributed by atoms with Gasteiger partial charge in [-0.1, -0.05) is 29.8 Å². The normalized spacial score (nSPS) is 9.65. The maximum Gasteiger partial charge on any atom is 0.177 e. The summed E-state index contributed by atoms with van der Waals surface area (Å²) in [5.74, 6) is 0. The van der Waals surface area contributed by atoms with Crippen LogP contribution in [0.2, 0.25) is 5.02 Å². The predicted octanol–water partition coefficient (Wildman–Crippen LogP) is 4.02. The quantitative estimate of drug-likeness (QED) is 0.728. The highest BCUT2D eigenvalue weighted by molar-refractivity contribution is 7.82. The number of rotatable bonds is 2. The van der Waals surface area contributed by atoms with E-state index in [4.69, 9.17) is 36.0 Å². The summed E-state index contributed by atoms with van der Waals surface area (Å²) in [5.41, 5.74) is 1.74. The first-order valence-electron chi connectivity index (χ1n) is 5.83. The third-order valence-corrected chi connectivity index (χ3v) is 3.02. The summed E-state index contributed by atoms with van der Waals surface area (Å²) >= 11 is 16.2. The van der Waals surface area contributed by atoms with Gasteiger partial charge < -0.3 is 16.0 Å². The molecule has 3 N–H and O–H groups in total. The summed E-state index contributed by atoms with van der Waals surface area (Å²) < 4.78 is 0. The molecule has 0 saturated heterocycles. The van der Waals surface area contributed by atoms with Gasteiger partial charge in [0.15, 0.2) is 10.2 Å². The molecule has 0 amide bonds. The lowest BCUT2D eigenvalue weighted by Crippen LogP contribution is -2.37. The van der Waals surface area contributed by atoms with Crippen LogP contribution in [-0.4, -0.2) is 10.2 Å². The fourth-order valence-corrected chi connectivity index (χ4v) is 2.11. The number of nitrogens with one attached hydrogen (secondary N) is 3. The lowest BCUT2D eigenvalue weighted by molar-refractivity contribution is 1.39. The fraction of sp³-hybridized carbons (Fsp3) is 0. The highest BCUT2D eigenvalue weighted by Gasteiger charge is 2.01. The number of thiocarbonyl (C=S) groups is 2. The van der Waals surface area contributed by atoms with Gasteiger partial charge in [-0.2, -0.15) is 0 Å². The zero-order valence-electron chi connectivity index (χ0n) is 10.4. The van der Waals surface area contributed by atoms with Gasteiger partial charge in [0.25, 0.3) is 0 Å². The van der Waals surface area contributed by atoms with Crippen molar-refractivity contribution in [2.75, 3.05) is 10.6 Å². The molecule has 0 spiro atoms. The second-order valence-corrected chi connectivity index (χ2v) is 5.16. The summed E-state index contributed by atoms with van der Waals surface area (Å²) in [6, 6.07) is 16.9. The average molecular weight is 322 g/mol. The molecule has 102 valence electrons. The van der Waals surface area contributed by atoms with Crippen molar-refractivity contribution in [3.05, 3.63) is 59.6 Å². The molecule has 0 aliphatic rings. The third kappa shape index (κ3) is 4.77. The van der Waals surface area contributed by atoms with Crippen LogP contribution in [0.15, 0.2) is 54.6 Å². The van der Waals surface area contributed by atoms with Gasteiger partial charge in [-0.05, 0) is 60.8 Å². The van der Waals surface area contributed by atoms with E-state index in [1.165, 1.54) is 0 Å². The molecule has 0 unspecified atom stereocenters. The Kier molecular flexibility index (Phi) is 5.29. The molecule has 2 aromatic carbocycles. The second-order valence-electron chi connectivity index (χ2n) is 3.91. The molecule has 0 bridgehead atoms. The molecule has 0 aromatic heterocycles. The first-order chi connectivity index (χ1) is 9.63. The molecular weight excluding hydrogens is 310 g/mol. The molecule has 0 aliphatic carbocycles. The van der Waals surface area contributed by atoms with E-state index in [9.17, 15) is 0 Å². The fourth-order valence-electron chi connectivity index (χ4n) is 1.48. The average Bonchev–Trinajstić information content (AvgIpc) is 2.42. The molecule has 0 heterocycles. The summed E-state index contributed by atoms with van der Waals surface area (Å²) in [4.78, 5) is 0. The van der Waals surface area contributed by atoms with Gasteiger partial charge in [0.2, 0.25) is 0 Å². The van der Waals surface area contributed by atoms with Crippen molar-refractivity contribution in [1.82, 2.24) is 5.32 Å². The first kappa shape index (κ1) is 14.7. The van der Waals surface area contributed by atoms with Crippen molar-refractivity contribution >= 4 is 57.6 Å². The molecule has 0 atom stereocenters. The van der Waals surface area contributed by atoms with E-state index < -0.39 is 0 Å². The van der Waals surface area contributed by atoms with Gasteiger partial charge in [-0.3, -0.25) is 0 Å². The van der Waals surface area contributed by atoms with Crippen LogP contribution in [0.5, 0.6) is 0 Å². The zero-order valence-corrected chi connectivity index (χ0v) is 12.8. The van der Waals surface area contributed by atoms with Crippen LogP contribution in [0.4, 0.5) is 11.4 Å². The van der Waals surface area contributed by atoms with Gasteiger partial charge >= 0.3 is 0 Å². The molecule has 3 nitrogen and oxygen atoms in total. The molecule has 2 aromatic rings. The van der Waals surface area contributed by atoms with E-state index in [2.05, 4.69) is 16.0 Å². The number of hydrogen-bond acceptors (Lipinski definition) is 2. The summed E-state index contributed by atoms with van der Waals surface area (Å²) in [6.07, 6.45) is 0. The van der Waals surface area contributed by atoms with E-state index >= 15 is 0 Å². The van der Waals surface area contributed by atoms with Crippen molar-refractivity contribution in [2.24, 2.45) is 0 Å². The summed E-state index contributed by atoms with van der Waals surface area (Å²) in [7, 11) is 0. The Bertz CT molecular complexity index is 600. The summed E-state index contributed by atoms with van der Waals surface area (Å²) in [5, 5.41) is 10.5. The zero-order chi connectivity index (χ0) is 14.4. The number of halogens is 1. The predicted molar refractivity (Wildman–Crippen MR) is 93.5 cm³/mol. The molecule has 6 heteroatoms. The minimum Gasteiger partial charge on any atom is -0.332 e. The van der Waals surface area contributed by atoms with E-state index in [-0.39, 0.29) is 0 Å². The van der Waals surface area contributed by atoms with Gasteiger partial charge in [-0.15, -0.1) is 0 Å². The highest BCUT2D eigenvalue weighted by Crippen LogP contribution is 2.13. The minimum atomic E-state index is 0.417. The van der Waals surface area contributed by atoms with Gasteiger partial charge in [0.05, 0.1) is 0 Å². The van der Waals surface area contributed by atoms with E-state index in [1.807, 2.05) is 42.5 Å². The smallest absolute Gasteiger partial charge is 0.177 e. The largest absolute Gasteiger partial charge is 0.332 e. The van der Waals surface area contributed by atoms with Crippen LogP contribution in [0.1, 0.15) is 0 Å². The van der Waals surface area contributed by atoms with E-state index in [0.717, 1.165) is 11.4 Å². The Hall–Kier alpha value is -1.69. The van der Waals surface area contributed by atoms with Crippen LogP contribution in [0, 0.1) is 0 Å². The van der Waals surface area contributed by atoms with Crippen LogP contribution in [-0.2, 0) is 0 Å². The van der Waals surface area contributed by atoms with Crippen molar-refractivity contribution in [3.8, 4) is 0 Å². The maximum absolute atomic E-state index is 5.82. The standard InChI is InChI=1S/C14H12ClN3S2/c15-10-6-8-12(9-7-10)17-14(20)18-13(19)16-11-4-2-1-3-5-11/h1-9H,(H3,16,17,18,19,20). The minimum absolute atomic E-state index is 0.417. The molecular formula is C14H12ClN3S2. The van der Waals surface area contributed by atoms with Crippen molar-refractivity contribution in [2.45, 2.75) is 0 Å². The molecule has 0 aliphatic heterocycles. The maximum atomic E-state index is 5.82. The number of benzene rings is 2. The van der Waals surface area contributed by atoms with Gasteiger partial charge in [0, 0.05) is 16.4 Å². The molecule has 0 radical (unpaired) electrons. The van der Waals surface area contributed by atoms with E-state index in [0.29, 0.717) is 15.2 Å². The Morgan fingerprint density at radius 1 is 0.750 bits per heavy atom. The first-order valence-corrected chi connectivity index (χ1v) is 7.02. The van der Waals surface area contributed by atoms with Gasteiger partial charge in [-0.25, -0.2) is 0 Å². The molecule has 0 saturated carbocycles. The third-order valence-electron chi connectivity index (χ3n) is 2.36. The van der Waals surface area contributed by atoms with Crippen molar-refractivity contribution in [3.63, 3.8) is 0 Å². The molecule has 0 fully saturated rings. The van der Waals surface area contributed by atoms with Crippen molar-refractivity contribution in [1.29, 1.82) is 0 Å². The topological polar surface area (TPSA) is 36.1 Å². The number of anilines is 2. The van der Waals surface area contributed by atoms with Crippen molar-refractivity contribution < 1.29 is 0 Å². The Morgan fingerprint density at radius 2 is 1.25 bits per heavy atom. The Balaban J connectivity index is 1.85. The summed E-state index contributed by atoms with van der Waals surface area (Å²) in [6.45, 7) is 0. The highest BCUT2D eigenvalue weighted by atomic mass is 35.5. The molecule has 2 rings (SSSR count). The van der Waals surface area contributed by atoms with Gasteiger partial charge in [0.1, 0.15) is 0 Å². The molecule has 20 heavy (non-hydrogen) atoms. The lowest BCUT2D eigenvalue weighted by Gasteiger charge is -2.12. The number of para-hydroxylation sites is 1. The van der Waals surface area contributed by atoms with E-state index in [1.54, 1.807) is 12.1 Å². The monoisotopic (exact) mass is 321 g/mol. The number of hydrogen-bond donors (Lipinski definition) is 3.